The van der Waals surface area contributed by atoms with Crippen molar-refractivity contribution >= 4 is 43.5 Å². The van der Waals surface area contributed by atoms with Crippen molar-refractivity contribution in [3.05, 3.63) is 58.1 Å². The number of methoxy groups -OCH3 is 1. The molecule has 7 nitrogen and oxygen atoms in total. The van der Waals surface area contributed by atoms with Gasteiger partial charge in [-0.3, -0.25) is 4.79 Å². The molecule has 0 spiro atoms. The fraction of sp³-hybridized carbons (Fsp3) is 0.222. The second-order valence-electron chi connectivity index (χ2n) is 5.78. The molecule has 2 aromatic rings. The summed E-state index contributed by atoms with van der Waals surface area (Å²) in [6.07, 6.45) is 0. The van der Waals surface area contributed by atoms with E-state index in [1.54, 1.807) is 12.1 Å². The van der Waals surface area contributed by atoms with Gasteiger partial charge in [-0.1, -0.05) is 15.9 Å². The van der Waals surface area contributed by atoms with Crippen molar-refractivity contribution in [3.63, 3.8) is 0 Å². The summed E-state index contributed by atoms with van der Waals surface area (Å²) in [5.41, 5.74) is 1.70. The minimum Gasteiger partial charge on any atom is -0.465 e. The van der Waals surface area contributed by atoms with Gasteiger partial charge < -0.3 is 10.1 Å². The van der Waals surface area contributed by atoms with Crippen molar-refractivity contribution in [2.45, 2.75) is 11.8 Å². The molecule has 1 N–H and O–H groups in total. The van der Waals surface area contributed by atoms with E-state index in [9.17, 15) is 18.0 Å². The number of carbonyl (C=O) groups excluding carboxylic acids is 2. The number of rotatable bonds is 6. The SMILES string of the molecule is COC(=O)c1ccc(S(=O)(=O)N(C)CC(=O)Nc2ccc(Br)cc2C)cc1. The molecule has 0 bridgehead atoms. The maximum absolute atomic E-state index is 12.6. The average molecular weight is 455 g/mol. The van der Waals surface area contributed by atoms with Crippen LogP contribution in [-0.4, -0.2) is 45.3 Å². The molecule has 0 aliphatic rings. The zero-order valence-corrected chi connectivity index (χ0v) is 17.4. The van der Waals surface area contributed by atoms with Crippen LogP contribution in [0.1, 0.15) is 15.9 Å². The Labute approximate surface area is 166 Å². The second kappa shape index (κ2) is 8.64. The summed E-state index contributed by atoms with van der Waals surface area (Å²) in [7, 11) is -1.32. The topological polar surface area (TPSA) is 92.8 Å². The zero-order chi connectivity index (χ0) is 20.2. The Balaban J connectivity index is 2.10. The molecule has 0 aromatic heterocycles. The van der Waals surface area contributed by atoms with E-state index in [4.69, 9.17) is 0 Å². The van der Waals surface area contributed by atoms with Crippen LogP contribution in [-0.2, 0) is 19.6 Å². The fourth-order valence-electron chi connectivity index (χ4n) is 2.31. The van der Waals surface area contributed by atoms with E-state index in [-0.39, 0.29) is 17.0 Å². The third kappa shape index (κ3) is 5.15. The molecular formula is C18H19BrN2O5S. The van der Waals surface area contributed by atoms with Crippen molar-refractivity contribution in [1.29, 1.82) is 0 Å². The van der Waals surface area contributed by atoms with Crippen LogP contribution < -0.4 is 5.32 Å². The molecule has 0 heterocycles. The first-order valence-corrected chi connectivity index (χ1v) is 10.1. The van der Waals surface area contributed by atoms with Gasteiger partial charge in [0.1, 0.15) is 0 Å². The largest absolute Gasteiger partial charge is 0.465 e. The molecule has 0 saturated heterocycles. The quantitative estimate of drug-likeness (QED) is 0.677. The van der Waals surface area contributed by atoms with Crippen LogP contribution in [0.4, 0.5) is 5.69 Å². The number of carbonyl (C=O) groups is 2. The highest BCUT2D eigenvalue weighted by Gasteiger charge is 2.23. The monoisotopic (exact) mass is 454 g/mol. The lowest BCUT2D eigenvalue weighted by Crippen LogP contribution is -2.35. The number of nitrogens with zero attached hydrogens (tertiary/aromatic N) is 1. The predicted molar refractivity (Wildman–Crippen MR) is 105 cm³/mol. The van der Waals surface area contributed by atoms with Crippen LogP contribution in [0.25, 0.3) is 0 Å². The molecule has 9 heteroatoms. The summed E-state index contributed by atoms with van der Waals surface area (Å²) < 4.78 is 31.6. The number of benzene rings is 2. The van der Waals surface area contributed by atoms with Crippen LogP contribution in [0.3, 0.4) is 0 Å². The van der Waals surface area contributed by atoms with E-state index >= 15 is 0 Å². The molecule has 0 atom stereocenters. The Morgan fingerprint density at radius 2 is 1.78 bits per heavy atom. The summed E-state index contributed by atoms with van der Waals surface area (Å²) in [5.74, 6) is -1.02. The predicted octanol–water partition coefficient (Wildman–Crippen LogP) is 2.80. The molecule has 2 rings (SSSR count). The molecule has 1 amide bonds. The van der Waals surface area contributed by atoms with Gasteiger partial charge in [0, 0.05) is 17.2 Å². The highest BCUT2D eigenvalue weighted by Crippen LogP contribution is 2.20. The summed E-state index contributed by atoms with van der Waals surface area (Å²) in [6.45, 7) is 1.49. The van der Waals surface area contributed by atoms with Crippen LogP contribution in [0.2, 0.25) is 0 Å². The number of ether oxygens (including phenoxy) is 1. The standard InChI is InChI=1S/C18H19BrN2O5S/c1-12-10-14(19)6-9-16(12)20-17(22)11-21(2)27(24,25)15-7-4-13(5-8-15)18(23)26-3/h4-10H,11H2,1-3H3,(H,20,22). The molecule has 0 unspecified atom stereocenters. The highest BCUT2D eigenvalue weighted by molar-refractivity contribution is 9.10. The van der Waals surface area contributed by atoms with Gasteiger partial charge >= 0.3 is 5.97 Å². The van der Waals surface area contributed by atoms with Crippen LogP contribution in [0.5, 0.6) is 0 Å². The summed E-state index contributed by atoms with van der Waals surface area (Å²) >= 11 is 3.34. The minimum atomic E-state index is -3.88. The maximum Gasteiger partial charge on any atom is 0.337 e. The van der Waals surface area contributed by atoms with E-state index in [1.807, 2.05) is 13.0 Å². The minimum absolute atomic E-state index is 0.0229. The van der Waals surface area contributed by atoms with E-state index < -0.39 is 21.9 Å². The van der Waals surface area contributed by atoms with Gasteiger partial charge in [-0.25, -0.2) is 13.2 Å². The lowest BCUT2D eigenvalue weighted by atomic mass is 10.2. The molecule has 0 aliphatic carbocycles. The Bertz CT molecular complexity index is 958. The lowest BCUT2D eigenvalue weighted by molar-refractivity contribution is -0.116. The zero-order valence-electron chi connectivity index (χ0n) is 15.0. The van der Waals surface area contributed by atoms with Gasteiger partial charge in [-0.15, -0.1) is 0 Å². The molecule has 0 radical (unpaired) electrons. The average Bonchev–Trinajstić information content (AvgIpc) is 2.63. The highest BCUT2D eigenvalue weighted by atomic mass is 79.9. The van der Waals surface area contributed by atoms with Gasteiger partial charge in [0.2, 0.25) is 15.9 Å². The van der Waals surface area contributed by atoms with Gasteiger partial charge in [0.05, 0.1) is 24.1 Å². The van der Waals surface area contributed by atoms with Gasteiger partial charge in [0.25, 0.3) is 0 Å². The van der Waals surface area contributed by atoms with Crippen LogP contribution >= 0.6 is 15.9 Å². The molecular weight excluding hydrogens is 436 g/mol. The van der Waals surface area contributed by atoms with Crippen LogP contribution in [0.15, 0.2) is 51.8 Å². The maximum atomic E-state index is 12.6. The molecule has 0 fully saturated rings. The molecule has 2 aromatic carbocycles. The van der Waals surface area contributed by atoms with Crippen LogP contribution in [0, 0.1) is 6.92 Å². The Kier molecular flexibility index (Phi) is 6.74. The van der Waals surface area contributed by atoms with Gasteiger partial charge in [-0.05, 0) is 55.0 Å². The van der Waals surface area contributed by atoms with Crippen molar-refractivity contribution < 1.29 is 22.7 Å². The number of sulfonamides is 1. The lowest BCUT2D eigenvalue weighted by Gasteiger charge is -2.17. The molecule has 27 heavy (non-hydrogen) atoms. The number of esters is 1. The van der Waals surface area contributed by atoms with Gasteiger partial charge in [0.15, 0.2) is 0 Å². The van der Waals surface area contributed by atoms with Crippen molar-refractivity contribution in [2.24, 2.45) is 0 Å². The fourth-order valence-corrected chi connectivity index (χ4v) is 3.91. The molecule has 0 aliphatic heterocycles. The second-order valence-corrected chi connectivity index (χ2v) is 8.75. The van der Waals surface area contributed by atoms with Gasteiger partial charge in [-0.2, -0.15) is 4.31 Å². The van der Waals surface area contributed by atoms with E-state index in [0.29, 0.717) is 5.69 Å². The Morgan fingerprint density at radius 3 is 2.33 bits per heavy atom. The third-order valence-corrected chi connectivity index (χ3v) is 6.12. The molecule has 0 saturated carbocycles. The first kappa shape index (κ1) is 21.1. The number of likely N-dealkylation sites (N-methyl/N-ethyl adjacent to an activating group) is 1. The normalized spacial score (nSPS) is 11.3. The smallest absolute Gasteiger partial charge is 0.337 e. The van der Waals surface area contributed by atoms with Crippen molar-refractivity contribution in [3.8, 4) is 0 Å². The Morgan fingerprint density at radius 1 is 1.15 bits per heavy atom. The Hall–Kier alpha value is -2.23. The third-order valence-electron chi connectivity index (χ3n) is 3.81. The number of aryl methyl sites for hydroxylation is 1. The first-order valence-electron chi connectivity index (χ1n) is 7.86. The van der Waals surface area contributed by atoms with Crippen molar-refractivity contribution in [2.75, 3.05) is 26.0 Å². The van der Waals surface area contributed by atoms with Crippen molar-refractivity contribution in [1.82, 2.24) is 4.31 Å². The number of hydrogen-bond donors (Lipinski definition) is 1. The summed E-state index contributed by atoms with van der Waals surface area (Å²) in [4.78, 5) is 23.6. The number of hydrogen-bond acceptors (Lipinski definition) is 5. The van der Waals surface area contributed by atoms with E-state index in [1.165, 1.54) is 38.4 Å². The number of amides is 1. The number of halogens is 1. The number of anilines is 1. The van der Waals surface area contributed by atoms with E-state index in [2.05, 4.69) is 26.0 Å². The molecule has 144 valence electrons. The first-order chi connectivity index (χ1) is 12.6. The van der Waals surface area contributed by atoms with E-state index in [0.717, 1.165) is 14.3 Å². The number of nitrogens with one attached hydrogen (secondary N) is 1. The summed E-state index contributed by atoms with van der Waals surface area (Å²) in [5, 5.41) is 2.70. The summed E-state index contributed by atoms with van der Waals surface area (Å²) in [6, 6.07) is 10.7.